The molecule has 1 aromatic rings. The van der Waals surface area contributed by atoms with E-state index in [4.69, 9.17) is 0 Å². The highest BCUT2D eigenvalue weighted by atomic mass is 32.2. The molecule has 1 rings (SSSR count). The van der Waals surface area contributed by atoms with Crippen LogP contribution in [0, 0.1) is 6.92 Å². The summed E-state index contributed by atoms with van der Waals surface area (Å²) in [6.07, 6.45) is 3.84. The summed E-state index contributed by atoms with van der Waals surface area (Å²) in [7, 11) is 0. The van der Waals surface area contributed by atoms with Gasteiger partial charge in [0.25, 0.3) is 0 Å². The highest BCUT2D eigenvalue weighted by molar-refractivity contribution is 8.02. The lowest BCUT2D eigenvalue weighted by Crippen LogP contribution is -1.80. The summed E-state index contributed by atoms with van der Waals surface area (Å²) in [5, 5.41) is 2.06. The predicted molar refractivity (Wildman–Crippen MR) is 49.6 cm³/mol. The van der Waals surface area contributed by atoms with Gasteiger partial charge in [-0.05, 0) is 31.4 Å². The van der Waals surface area contributed by atoms with Gasteiger partial charge >= 0.3 is 0 Å². The molecule has 0 radical (unpaired) electrons. The first-order chi connectivity index (χ1) is 5.34. The molecule has 0 amide bonds. The van der Waals surface area contributed by atoms with Crippen LogP contribution in [0.15, 0.2) is 34.7 Å². The van der Waals surface area contributed by atoms with Gasteiger partial charge in [-0.3, -0.25) is 4.98 Å². The molecule has 1 aromatic heterocycles. The Balaban J connectivity index is 2.77. The minimum atomic E-state index is 1.09. The van der Waals surface area contributed by atoms with Crippen LogP contribution in [-0.4, -0.2) is 4.98 Å². The average molecular weight is 165 g/mol. The van der Waals surface area contributed by atoms with Crippen molar-refractivity contribution in [1.82, 2.24) is 4.98 Å². The van der Waals surface area contributed by atoms with Crippen molar-refractivity contribution in [2.24, 2.45) is 0 Å². The lowest BCUT2D eigenvalue weighted by atomic mass is 10.4. The normalized spacial score (nSPS) is 10.7. The third-order valence-corrected chi connectivity index (χ3v) is 2.38. The van der Waals surface area contributed by atoms with Gasteiger partial charge in [0.05, 0.1) is 5.69 Å². The molecule has 11 heavy (non-hydrogen) atoms. The maximum atomic E-state index is 4.18. The molecule has 0 fully saturated rings. The van der Waals surface area contributed by atoms with Crippen molar-refractivity contribution in [3.05, 3.63) is 35.5 Å². The van der Waals surface area contributed by atoms with Gasteiger partial charge in [0, 0.05) is 11.1 Å². The van der Waals surface area contributed by atoms with Gasteiger partial charge < -0.3 is 0 Å². The van der Waals surface area contributed by atoms with Crippen LogP contribution in [0.1, 0.15) is 12.6 Å². The van der Waals surface area contributed by atoms with Crippen LogP contribution in [0.25, 0.3) is 0 Å². The van der Waals surface area contributed by atoms with Gasteiger partial charge in [0.2, 0.25) is 0 Å². The van der Waals surface area contributed by atoms with Crippen molar-refractivity contribution < 1.29 is 0 Å². The fourth-order valence-electron chi connectivity index (χ4n) is 0.735. The van der Waals surface area contributed by atoms with Crippen LogP contribution in [0.3, 0.4) is 0 Å². The minimum Gasteiger partial charge on any atom is -0.260 e. The maximum absolute atomic E-state index is 4.18. The van der Waals surface area contributed by atoms with Crippen LogP contribution in [0.2, 0.25) is 0 Å². The molecular weight excluding hydrogens is 154 g/mol. The third-order valence-electron chi connectivity index (χ3n) is 1.29. The van der Waals surface area contributed by atoms with Crippen molar-refractivity contribution >= 4 is 11.8 Å². The molecule has 1 heterocycles. The van der Waals surface area contributed by atoms with E-state index in [1.54, 1.807) is 11.8 Å². The van der Waals surface area contributed by atoms with Crippen molar-refractivity contribution in [2.45, 2.75) is 18.7 Å². The van der Waals surface area contributed by atoms with Crippen LogP contribution < -0.4 is 0 Å². The molecule has 58 valence electrons. The minimum absolute atomic E-state index is 1.09. The van der Waals surface area contributed by atoms with Gasteiger partial charge in [0.1, 0.15) is 0 Å². The first kappa shape index (κ1) is 8.34. The van der Waals surface area contributed by atoms with Gasteiger partial charge in [-0.25, -0.2) is 0 Å². The highest BCUT2D eigenvalue weighted by Crippen LogP contribution is 2.20. The van der Waals surface area contributed by atoms with Gasteiger partial charge in [-0.2, -0.15) is 0 Å². The number of aromatic nitrogens is 1. The largest absolute Gasteiger partial charge is 0.260 e. The van der Waals surface area contributed by atoms with Gasteiger partial charge in [0.15, 0.2) is 0 Å². The molecule has 0 saturated carbocycles. The number of hydrogen-bond donors (Lipinski definition) is 0. The topological polar surface area (TPSA) is 12.9 Å². The van der Waals surface area contributed by atoms with Crippen LogP contribution in [-0.2, 0) is 0 Å². The fourth-order valence-corrected chi connectivity index (χ4v) is 1.40. The van der Waals surface area contributed by atoms with Gasteiger partial charge in [-0.15, -0.1) is 0 Å². The molecule has 0 aromatic carbocycles. The Bertz CT molecular complexity index is 255. The molecule has 0 bridgehead atoms. The maximum Gasteiger partial charge on any atom is 0.0511 e. The number of pyridine rings is 1. The quantitative estimate of drug-likeness (QED) is 0.625. The van der Waals surface area contributed by atoms with E-state index >= 15 is 0 Å². The van der Waals surface area contributed by atoms with E-state index in [-0.39, 0.29) is 0 Å². The number of thioether (sulfide) groups is 1. The highest BCUT2D eigenvalue weighted by Gasteiger charge is 1.93. The van der Waals surface area contributed by atoms with Crippen LogP contribution >= 0.6 is 11.8 Å². The molecule has 0 atom stereocenters. The molecule has 0 spiro atoms. The Kier molecular flexibility index (Phi) is 3.17. The first-order valence-electron chi connectivity index (χ1n) is 3.54. The third kappa shape index (κ3) is 2.39. The number of nitrogens with zero attached hydrogens (tertiary/aromatic N) is 1. The lowest BCUT2D eigenvalue weighted by molar-refractivity contribution is 1.12. The Morgan fingerprint density at radius 2 is 2.36 bits per heavy atom. The first-order valence-corrected chi connectivity index (χ1v) is 4.42. The lowest BCUT2D eigenvalue weighted by Gasteiger charge is -1.98. The van der Waals surface area contributed by atoms with E-state index in [9.17, 15) is 0 Å². The monoisotopic (exact) mass is 165 g/mol. The summed E-state index contributed by atoms with van der Waals surface area (Å²) in [6, 6.07) is 4.03. The molecule has 0 saturated heterocycles. The molecule has 0 aliphatic rings. The van der Waals surface area contributed by atoms with Crippen molar-refractivity contribution in [3.8, 4) is 0 Å². The summed E-state index contributed by atoms with van der Waals surface area (Å²) in [5.41, 5.74) is 1.09. The summed E-state index contributed by atoms with van der Waals surface area (Å²) in [5.74, 6) is 0. The Morgan fingerprint density at radius 1 is 1.55 bits per heavy atom. The summed E-state index contributed by atoms with van der Waals surface area (Å²) in [4.78, 5) is 5.40. The van der Waals surface area contributed by atoms with Gasteiger partial charge in [-0.1, -0.05) is 17.8 Å². The van der Waals surface area contributed by atoms with E-state index in [0.29, 0.717) is 0 Å². The second-order valence-electron chi connectivity index (χ2n) is 2.17. The van der Waals surface area contributed by atoms with E-state index in [0.717, 1.165) is 5.69 Å². The zero-order valence-electron chi connectivity index (χ0n) is 6.74. The van der Waals surface area contributed by atoms with E-state index in [2.05, 4.69) is 16.5 Å². The van der Waals surface area contributed by atoms with Crippen LogP contribution in [0.4, 0.5) is 0 Å². The SMILES string of the molecule is C/C=C\Sc1cccnc1C. The standard InChI is InChI=1S/C9H11NS/c1-3-7-11-9-5-4-6-10-8(9)2/h3-7H,1-2H3/b7-3-. The fraction of sp³-hybridized carbons (Fsp3) is 0.222. The van der Waals surface area contributed by atoms with E-state index in [1.165, 1.54) is 4.90 Å². The summed E-state index contributed by atoms with van der Waals surface area (Å²) in [6.45, 7) is 4.03. The molecule has 1 nitrogen and oxygen atoms in total. The summed E-state index contributed by atoms with van der Waals surface area (Å²) < 4.78 is 0. The molecule has 0 N–H and O–H groups in total. The zero-order chi connectivity index (χ0) is 8.10. The second kappa shape index (κ2) is 4.19. The summed E-state index contributed by atoms with van der Waals surface area (Å²) >= 11 is 1.70. The molecular formula is C9H11NS. The van der Waals surface area contributed by atoms with Crippen molar-refractivity contribution in [1.29, 1.82) is 0 Å². The van der Waals surface area contributed by atoms with E-state index in [1.807, 2.05) is 32.2 Å². The predicted octanol–water partition coefficient (Wildman–Crippen LogP) is 3.02. The molecule has 0 unspecified atom stereocenters. The number of aryl methyl sites for hydroxylation is 1. The van der Waals surface area contributed by atoms with Crippen molar-refractivity contribution in [2.75, 3.05) is 0 Å². The van der Waals surface area contributed by atoms with Crippen molar-refractivity contribution in [3.63, 3.8) is 0 Å². The average Bonchev–Trinajstić information content (AvgIpc) is 2.03. The second-order valence-corrected chi connectivity index (χ2v) is 3.12. The molecule has 0 aliphatic carbocycles. The smallest absolute Gasteiger partial charge is 0.0511 e. The number of hydrogen-bond acceptors (Lipinski definition) is 2. The van der Waals surface area contributed by atoms with E-state index < -0.39 is 0 Å². The van der Waals surface area contributed by atoms with Crippen LogP contribution in [0.5, 0.6) is 0 Å². The number of rotatable bonds is 2. The Morgan fingerprint density at radius 3 is 3.00 bits per heavy atom. The molecule has 0 aliphatic heterocycles. The molecule has 2 heteroatoms. The Hall–Kier alpha value is -0.760. The Labute approximate surface area is 71.5 Å². The zero-order valence-corrected chi connectivity index (χ0v) is 7.56. The number of allylic oxidation sites excluding steroid dienone is 1.